The molecule has 32 heavy (non-hydrogen) atoms. The highest BCUT2D eigenvalue weighted by molar-refractivity contribution is 7.15. The number of carbonyl (C=O) groups is 2. The number of thiazole rings is 2. The minimum atomic E-state index is -0.200. The summed E-state index contributed by atoms with van der Waals surface area (Å²) in [6, 6.07) is 11.2. The Morgan fingerprint density at radius 3 is 1.44 bits per heavy atom. The molecule has 0 spiro atoms. The van der Waals surface area contributed by atoms with Gasteiger partial charge in [-0.2, -0.15) is 0 Å². The Labute approximate surface area is 194 Å². The second-order valence-corrected chi connectivity index (χ2v) is 9.30. The molecule has 0 aliphatic carbocycles. The number of benzene rings is 2. The van der Waals surface area contributed by atoms with Crippen LogP contribution in [0.2, 0.25) is 0 Å². The van der Waals surface area contributed by atoms with E-state index in [0.29, 0.717) is 32.8 Å². The van der Waals surface area contributed by atoms with E-state index in [4.69, 9.17) is 0 Å². The zero-order chi connectivity index (χ0) is 22.8. The van der Waals surface area contributed by atoms with Crippen molar-refractivity contribution in [3.8, 4) is 11.4 Å². The number of rotatable bonds is 5. The van der Waals surface area contributed by atoms with Crippen LogP contribution in [0.4, 0.5) is 10.3 Å². The zero-order valence-electron chi connectivity index (χ0n) is 18.1. The number of aromatic nitrogens is 2. The molecule has 0 saturated heterocycles. The Bertz CT molecular complexity index is 1220. The van der Waals surface area contributed by atoms with Crippen molar-refractivity contribution in [2.75, 3.05) is 10.6 Å². The number of anilines is 2. The molecule has 0 fully saturated rings. The predicted molar refractivity (Wildman–Crippen MR) is 131 cm³/mol. The number of aryl methyl sites for hydroxylation is 4. The second kappa shape index (κ2) is 9.02. The summed E-state index contributed by atoms with van der Waals surface area (Å²) in [5.74, 6) is -0.401. The molecule has 0 atom stereocenters. The van der Waals surface area contributed by atoms with Crippen molar-refractivity contribution < 1.29 is 9.59 Å². The van der Waals surface area contributed by atoms with Crippen molar-refractivity contribution in [3.05, 3.63) is 80.5 Å². The number of hydrogen-bond donors (Lipinski definition) is 2. The molecule has 2 heterocycles. The van der Waals surface area contributed by atoms with Gasteiger partial charge in [-0.25, -0.2) is 9.97 Å². The van der Waals surface area contributed by atoms with Crippen LogP contribution in [0.25, 0.3) is 11.4 Å². The molecular formula is C24H22N4O2S2. The third-order valence-corrected chi connectivity index (χ3v) is 6.77. The molecule has 0 saturated carbocycles. The van der Waals surface area contributed by atoms with Crippen LogP contribution < -0.4 is 10.6 Å². The highest BCUT2D eigenvalue weighted by atomic mass is 32.1. The molecule has 6 nitrogen and oxygen atoms in total. The lowest BCUT2D eigenvalue weighted by Gasteiger charge is -2.05. The van der Waals surface area contributed by atoms with Gasteiger partial charge in [0.25, 0.3) is 11.8 Å². The van der Waals surface area contributed by atoms with E-state index in [1.807, 2.05) is 62.7 Å². The van der Waals surface area contributed by atoms with Gasteiger partial charge >= 0.3 is 0 Å². The molecule has 4 rings (SSSR count). The summed E-state index contributed by atoms with van der Waals surface area (Å²) < 4.78 is 0. The molecule has 4 aromatic rings. The first-order chi connectivity index (χ1) is 15.3. The summed E-state index contributed by atoms with van der Waals surface area (Å²) in [7, 11) is 0. The smallest absolute Gasteiger partial charge is 0.257 e. The topological polar surface area (TPSA) is 84.0 Å². The Morgan fingerprint density at radius 2 is 1.06 bits per heavy atom. The fourth-order valence-electron chi connectivity index (χ4n) is 3.00. The third-order valence-electron chi connectivity index (χ3n) is 5.25. The first-order valence-corrected chi connectivity index (χ1v) is 11.7. The van der Waals surface area contributed by atoms with E-state index in [9.17, 15) is 9.59 Å². The van der Waals surface area contributed by atoms with E-state index in [0.717, 1.165) is 22.3 Å². The largest absolute Gasteiger partial charge is 0.298 e. The quantitative estimate of drug-likeness (QED) is 0.381. The van der Waals surface area contributed by atoms with Crippen LogP contribution in [-0.4, -0.2) is 21.8 Å². The highest BCUT2D eigenvalue weighted by Gasteiger charge is 2.14. The maximum atomic E-state index is 12.5. The van der Waals surface area contributed by atoms with Crippen molar-refractivity contribution in [1.29, 1.82) is 0 Å². The second-order valence-electron chi connectivity index (χ2n) is 7.58. The number of nitrogens with zero attached hydrogens (tertiary/aromatic N) is 2. The van der Waals surface area contributed by atoms with Gasteiger partial charge in [-0.05, 0) is 74.2 Å². The third kappa shape index (κ3) is 4.76. The molecule has 2 aromatic heterocycles. The van der Waals surface area contributed by atoms with Gasteiger partial charge < -0.3 is 0 Å². The normalized spacial score (nSPS) is 10.8. The average Bonchev–Trinajstić information content (AvgIpc) is 3.41. The Balaban J connectivity index is 1.43. The van der Waals surface area contributed by atoms with Gasteiger partial charge in [0.2, 0.25) is 0 Å². The fourth-order valence-corrected chi connectivity index (χ4v) is 4.40. The first-order valence-electron chi connectivity index (χ1n) is 9.99. The van der Waals surface area contributed by atoms with E-state index in [-0.39, 0.29) is 11.8 Å². The van der Waals surface area contributed by atoms with Crippen LogP contribution in [0.5, 0.6) is 0 Å². The van der Waals surface area contributed by atoms with Gasteiger partial charge in [0, 0.05) is 21.9 Å². The van der Waals surface area contributed by atoms with Crippen molar-refractivity contribution in [3.63, 3.8) is 0 Å². The van der Waals surface area contributed by atoms with Crippen LogP contribution in [-0.2, 0) is 0 Å². The maximum absolute atomic E-state index is 12.5. The highest BCUT2D eigenvalue weighted by Crippen LogP contribution is 2.28. The van der Waals surface area contributed by atoms with Crippen molar-refractivity contribution in [1.82, 2.24) is 9.97 Å². The van der Waals surface area contributed by atoms with Gasteiger partial charge in [-0.3, -0.25) is 20.2 Å². The molecule has 2 aromatic carbocycles. The zero-order valence-corrected chi connectivity index (χ0v) is 19.8. The van der Waals surface area contributed by atoms with Gasteiger partial charge in [0.1, 0.15) is 11.4 Å². The molecular weight excluding hydrogens is 440 g/mol. The Hall–Kier alpha value is -3.36. The number of carbonyl (C=O) groups excluding carboxylic acids is 2. The number of nitrogens with one attached hydrogen (secondary N) is 2. The minimum absolute atomic E-state index is 0.200. The van der Waals surface area contributed by atoms with Crippen LogP contribution in [0.15, 0.2) is 47.2 Å². The summed E-state index contributed by atoms with van der Waals surface area (Å²) in [6.07, 6.45) is 0. The summed E-state index contributed by atoms with van der Waals surface area (Å²) in [4.78, 5) is 34.0. The predicted octanol–water partition coefficient (Wildman–Crippen LogP) is 6.00. The van der Waals surface area contributed by atoms with Gasteiger partial charge in [-0.15, -0.1) is 22.7 Å². The van der Waals surface area contributed by atoms with Crippen molar-refractivity contribution in [2.45, 2.75) is 27.7 Å². The monoisotopic (exact) mass is 462 g/mol. The summed E-state index contributed by atoms with van der Waals surface area (Å²) in [5.41, 5.74) is 6.89. The van der Waals surface area contributed by atoms with Crippen LogP contribution in [0.3, 0.4) is 0 Å². The lowest BCUT2D eigenvalue weighted by atomic mass is 10.1. The SMILES string of the molecule is Cc1ccc(C(=O)Nc2nc(-c3csc(NC(=O)c4ccc(C)c(C)c4)n3)cs2)cc1C. The summed E-state index contributed by atoms with van der Waals surface area (Å²) in [5, 5.41) is 10.3. The molecule has 2 N–H and O–H groups in total. The van der Waals surface area contributed by atoms with Crippen molar-refractivity contribution in [2.24, 2.45) is 0 Å². The van der Waals surface area contributed by atoms with E-state index in [1.165, 1.54) is 22.7 Å². The van der Waals surface area contributed by atoms with Crippen LogP contribution in [0, 0.1) is 27.7 Å². The number of amides is 2. The average molecular weight is 463 g/mol. The molecule has 0 aliphatic rings. The lowest BCUT2D eigenvalue weighted by molar-refractivity contribution is 0.101. The molecule has 162 valence electrons. The molecule has 0 unspecified atom stereocenters. The van der Waals surface area contributed by atoms with Gasteiger partial charge in [-0.1, -0.05) is 12.1 Å². The number of hydrogen-bond acceptors (Lipinski definition) is 6. The van der Waals surface area contributed by atoms with E-state index in [2.05, 4.69) is 20.6 Å². The Morgan fingerprint density at radius 1 is 0.656 bits per heavy atom. The minimum Gasteiger partial charge on any atom is -0.298 e. The van der Waals surface area contributed by atoms with Gasteiger partial charge in [0.05, 0.1) is 0 Å². The molecule has 0 radical (unpaired) electrons. The maximum Gasteiger partial charge on any atom is 0.257 e. The summed E-state index contributed by atoms with van der Waals surface area (Å²) in [6.45, 7) is 7.98. The molecule has 8 heteroatoms. The summed E-state index contributed by atoms with van der Waals surface area (Å²) >= 11 is 2.66. The first kappa shape index (κ1) is 21.9. The standard InChI is InChI=1S/C24H22N4O2S2/c1-13-5-7-17(9-15(13)3)21(29)27-23-25-19(11-31-23)20-12-32-24(26-20)28-22(30)18-8-6-14(2)16(4)10-18/h5-12H,1-4H3,(H,25,27,29)(H,26,28,30). The fraction of sp³-hybridized carbons (Fsp3) is 0.167. The lowest BCUT2D eigenvalue weighted by Crippen LogP contribution is -2.12. The van der Waals surface area contributed by atoms with Crippen LogP contribution >= 0.6 is 22.7 Å². The van der Waals surface area contributed by atoms with Crippen molar-refractivity contribution >= 4 is 44.8 Å². The molecule has 0 aliphatic heterocycles. The van der Waals surface area contributed by atoms with Crippen LogP contribution in [0.1, 0.15) is 43.0 Å². The molecule has 0 bridgehead atoms. The van der Waals surface area contributed by atoms with E-state index < -0.39 is 0 Å². The van der Waals surface area contributed by atoms with E-state index >= 15 is 0 Å². The van der Waals surface area contributed by atoms with E-state index in [1.54, 1.807) is 12.1 Å². The Kier molecular flexibility index (Phi) is 6.16. The molecule has 2 amide bonds. The van der Waals surface area contributed by atoms with Gasteiger partial charge in [0.15, 0.2) is 10.3 Å².